The van der Waals surface area contributed by atoms with Crippen LogP contribution >= 0.6 is 22.6 Å². The van der Waals surface area contributed by atoms with E-state index in [1.807, 2.05) is 42.5 Å². The van der Waals surface area contributed by atoms with Crippen LogP contribution in [0.25, 0.3) is 0 Å². The third-order valence-electron chi connectivity index (χ3n) is 4.76. The third-order valence-corrected chi connectivity index (χ3v) is 5.48. The molecule has 4 nitrogen and oxygen atoms in total. The smallest absolute Gasteiger partial charge is 0.255 e. The number of carbonyl (C=O) groups is 1. The fourth-order valence-electron chi connectivity index (χ4n) is 2.98. The van der Waals surface area contributed by atoms with E-state index in [4.69, 9.17) is 9.47 Å². The Hall–Kier alpha value is -2.54. The quantitative estimate of drug-likeness (QED) is 0.385. The number of halogens is 1. The van der Waals surface area contributed by atoms with E-state index in [1.165, 1.54) is 5.56 Å². The Balaban J connectivity index is 1.72. The van der Waals surface area contributed by atoms with Gasteiger partial charge in [-0.05, 0) is 88.2 Å². The second-order valence-electron chi connectivity index (χ2n) is 8.05. The Morgan fingerprint density at radius 3 is 2.23 bits per heavy atom. The van der Waals surface area contributed by atoms with E-state index in [2.05, 4.69) is 60.8 Å². The molecular weight excluding hydrogens is 489 g/mol. The molecule has 1 amide bonds. The standard InChI is InChI=1S/C25H26INO3/c1-25(2,3)19-6-12-22(13-7-19)30-16-18-15-17(5-14-23(18)29-4)24(28)27-21-10-8-20(26)9-11-21/h5-15H,16H2,1-4H3,(H,27,28). The second kappa shape index (κ2) is 9.51. The van der Waals surface area contributed by atoms with Gasteiger partial charge in [0.05, 0.1) is 7.11 Å². The summed E-state index contributed by atoms with van der Waals surface area (Å²) >= 11 is 2.23. The molecule has 0 saturated heterocycles. The van der Waals surface area contributed by atoms with Gasteiger partial charge in [-0.3, -0.25) is 4.79 Å². The molecule has 156 valence electrons. The highest BCUT2D eigenvalue weighted by Gasteiger charge is 2.14. The van der Waals surface area contributed by atoms with Crippen LogP contribution in [0, 0.1) is 3.57 Å². The van der Waals surface area contributed by atoms with Crippen molar-refractivity contribution in [2.45, 2.75) is 32.8 Å². The van der Waals surface area contributed by atoms with Crippen LogP contribution < -0.4 is 14.8 Å². The van der Waals surface area contributed by atoms with Gasteiger partial charge < -0.3 is 14.8 Å². The summed E-state index contributed by atoms with van der Waals surface area (Å²) in [5.74, 6) is 1.29. The lowest BCUT2D eigenvalue weighted by molar-refractivity contribution is 0.102. The normalized spacial score (nSPS) is 11.1. The van der Waals surface area contributed by atoms with Crippen LogP contribution in [-0.2, 0) is 12.0 Å². The molecule has 5 heteroatoms. The van der Waals surface area contributed by atoms with Crippen LogP contribution in [0.5, 0.6) is 11.5 Å². The molecule has 0 aliphatic heterocycles. The minimum absolute atomic E-state index is 0.0977. The lowest BCUT2D eigenvalue weighted by Crippen LogP contribution is -2.13. The predicted octanol–water partition coefficient (Wildman–Crippen LogP) is 6.43. The van der Waals surface area contributed by atoms with Crippen molar-refractivity contribution in [3.8, 4) is 11.5 Å². The molecule has 0 bridgehead atoms. The van der Waals surface area contributed by atoms with Crippen LogP contribution in [0.15, 0.2) is 66.7 Å². The Labute approximate surface area is 191 Å². The second-order valence-corrected chi connectivity index (χ2v) is 9.30. The van der Waals surface area contributed by atoms with Crippen LogP contribution in [0.2, 0.25) is 0 Å². The number of hydrogen-bond acceptors (Lipinski definition) is 3. The largest absolute Gasteiger partial charge is 0.496 e. The van der Waals surface area contributed by atoms with Gasteiger partial charge >= 0.3 is 0 Å². The number of amides is 1. The number of nitrogens with one attached hydrogen (secondary N) is 1. The van der Waals surface area contributed by atoms with Gasteiger partial charge in [-0.2, -0.15) is 0 Å². The number of ether oxygens (including phenoxy) is 2. The van der Waals surface area contributed by atoms with Gasteiger partial charge in [-0.1, -0.05) is 32.9 Å². The van der Waals surface area contributed by atoms with E-state index in [0.29, 0.717) is 17.9 Å². The fourth-order valence-corrected chi connectivity index (χ4v) is 3.34. The van der Waals surface area contributed by atoms with E-state index < -0.39 is 0 Å². The Morgan fingerprint density at radius 1 is 0.967 bits per heavy atom. The summed E-state index contributed by atoms with van der Waals surface area (Å²) in [6.07, 6.45) is 0. The van der Waals surface area contributed by atoms with Crippen LogP contribution in [-0.4, -0.2) is 13.0 Å². The van der Waals surface area contributed by atoms with Crippen molar-refractivity contribution >= 4 is 34.2 Å². The Morgan fingerprint density at radius 2 is 1.63 bits per heavy atom. The highest BCUT2D eigenvalue weighted by molar-refractivity contribution is 14.1. The zero-order valence-electron chi connectivity index (χ0n) is 17.7. The van der Waals surface area contributed by atoms with Crippen molar-refractivity contribution < 1.29 is 14.3 Å². The van der Waals surface area contributed by atoms with Crippen LogP contribution in [0.4, 0.5) is 5.69 Å². The van der Waals surface area contributed by atoms with Gasteiger partial charge in [0.15, 0.2) is 0 Å². The molecule has 30 heavy (non-hydrogen) atoms. The molecule has 1 N–H and O–H groups in total. The minimum atomic E-state index is -0.172. The molecule has 0 atom stereocenters. The molecular formula is C25H26INO3. The number of benzene rings is 3. The SMILES string of the molecule is COc1ccc(C(=O)Nc2ccc(I)cc2)cc1COc1ccc(C(C)(C)C)cc1. The van der Waals surface area contributed by atoms with E-state index >= 15 is 0 Å². The van der Waals surface area contributed by atoms with Crippen molar-refractivity contribution in [1.29, 1.82) is 0 Å². The maximum Gasteiger partial charge on any atom is 0.255 e. The first-order valence-corrected chi connectivity index (χ1v) is 10.8. The van der Waals surface area contributed by atoms with Crippen molar-refractivity contribution in [1.82, 2.24) is 0 Å². The maximum atomic E-state index is 12.7. The number of hydrogen-bond donors (Lipinski definition) is 1. The summed E-state index contributed by atoms with van der Waals surface area (Å²) in [5, 5.41) is 2.92. The number of rotatable bonds is 6. The monoisotopic (exact) mass is 515 g/mol. The molecule has 3 aromatic rings. The molecule has 0 fully saturated rings. The summed E-state index contributed by atoms with van der Waals surface area (Å²) in [4.78, 5) is 12.7. The predicted molar refractivity (Wildman–Crippen MR) is 130 cm³/mol. The van der Waals surface area contributed by atoms with Gasteiger partial charge in [0, 0.05) is 20.4 Å². The third kappa shape index (κ3) is 5.75. The van der Waals surface area contributed by atoms with Gasteiger partial charge in [0.2, 0.25) is 0 Å². The highest BCUT2D eigenvalue weighted by atomic mass is 127. The first kappa shape index (κ1) is 22.2. The van der Waals surface area contributed by atoms with Crippen molar-refractivity contribution in [2.24, 2.45) is 0 Å². The molecule has 0 unspecified atom stereocenters. The molecule has 0 aliphatic carbocycles. The molecule has 3 aromatic carbocycles. The van der Waals surface area contributed by atoms with Crippen molar-refractivity contribution in [2.75, 3.05) is 12.4 Å². The van der Waals surface area contributed by atoms with E-state index in [-0.39, 0.29) is 11.3 Å². The fraction of sp³-hybridized carbons (Fsp3) is 0.240. The average molecular weight is 515 g/mol. The summed E-state index contributed by atoms with van der Waals surface area (Å²) in [7, 11) is 1.61. The van der Waals surface area contributed by atoms with E-state index in [0.717, 1.165) is 20.6 Å². The molecule has 0 heterocycles. The average Bonchev–Trinajstić information content (AvgIpc) is 2.73. The van der Waals surface area contributed by atoms with Crippen LogP contribution in [0.1, 0.15) is 42.3 Å². The zero-order chi connectivity index (χ0) is 21.7. The number of carbonyl (C=O) groups excluding carboxylic acids is 1. The molecule has 0 spiro atoms. The van der Waals surface area contributed by atoms with Crippen molar-refractivity contribution in [3.05, 3.63) is 87.0 Å². The van der Waals surface area contributed by atoms with Gasteiger partial charge in [-0.15, -0.1) is 0 Å². The summed E-state index contributed by atoms with van der Waals surface area (Å²) in [6, 6.07) is 21.1. The summed E-state index contributed by atoms with van der Waals surface area (Å²) in [6.45, 7) is 6.85. The van der Waals surface area contributed by atoms with Gasteiger partial charge in [0.25, 0.3) is 5.91 Å². The Kier molecular flexibility index (Phi) is 7.02. The molecule has 0 saturated carbocycles. The van der Waals surface area contributed by atoms with Gasteiger partial charge in [0.1, 0.15) is 18.1 Å². The molecule has 0 radical (unpaired) electrons. The van der Waals surface area contributed by atoms with Crippen molar-refractivity contribution in [3.63, 3.8) is 0 Å². The number of methoxy groups -OCH3 is 1. The van der Waals surface area contributed by atoms with Crippen LogP contribution in [0.3, 0.4) is 0 Å². The summed E-state index contributed by atoms with van der Waals surface area (Å²) < 4.78 is 12.5. The summed E-state index contributed by atoms with van der Waals surface area (Å²) in [5.41, 5.74) is 3.47. The van der Waals surface area contributed by atoms with E-state index in [1.54, 1.807) is 19.2 Å². The molecule has 0 aliphatic rings. The Bertz CT molecular complexity index is 1010. The van der Waals surface area contributed by atoms with Gasteiger partial charge in [-0.25, -0.2) is 0 Å². The lowest BCUT2D eigenvalue weighted by Gasteiger charge is -2.19. The first-order valence-electron chi connectivity index (χ1n) is 9.73. The zero-order valence-corrected chi connectivity index (χ0v) is 19.8. The molecule has 3 rings (SSSR count). The number of anilines is 1. The maximum absolute atomic E-state index is 12.7. The minimum Gasteiger partial charge on any atom is -0.496 e. The van der Waals surface area contributed by atoms with E-state index in [9.17, 15) is 4.79 Å². The first-order chi connectivity index (χ1) is 14.3. The topological polar surface area (TPSA) is 47.6 Å². The molecule has 0 aromatic heterocycles. The highest BCUT2D eigenvalue weighted by Crippen LogP contribution is 2.26. The lowest BCUT2D eigenvalue weighted by atomic mass is 9.87.